The van der Waals surface area contributed by atoms with Gasteiger partial charge >= 0.3 is 5.97 Å². The normalized spacial score (nSPS) is 10.3. The fourth-order valence-corrected chi connectivity index (χ4v) is 2.07. The number of carboxylic acid groups (broad SMARTS) is 1. The molecular formula is C16H16N2O4. The lowest BCUT2D eigenvalue weighted by molar-refractivity contribution is 0.0692. The Morgan fingerprint density at radius 3 is 2.18 bits per heavy atom. The van der Waals surface area contributed by atoms with Gasteiger partial charge in [-0.05, 0) is 30.3 Å². The van der Waals surface area contributed by atoms with E-state index in [1.807, 2.05) is 0 Å². The van der Waals surface area contributed by atoms with Gasteiger partial charge in [0.25, 0.3) is 0 Å². The van der Waals surface area contributed by atoms with Gasteiger partial charge in [-0.2, -0.15) is 0 Å². The molecule has 0 unspecified atom stereocenters. The maximum atomic E-state index is 12.5. The van der Waals surface area contributed by atoms with Gasteiger partial charge in [0.05, 0.1) is 11.1 Å². The van der Waals surface area contributed by atoms with Crippen molar-refractivity contribution in [2.75, 3.05) is 24.7 Å². The molecule has 22 heavy (non-hydrogen) atoms. The first kappa shape index (κ1) is 15.4. The number of carbonyl (C=O) groups excluding carboxylic acids is 1. The van der Waals surface area contributed by atoms with E-state index in [0.29, 0.717) is 0 Å². The summed E-state index contributed by atoms with van der Waals surface area (Å²) in [7, 11) is 3.61. The summed E-state index contributed by atoms with van der Waals surface area (Å²) in [5.74, 6) is -2.02. The van der Waals surface area contributed by atoms with Crippen molar-refractivity contribution in [2.45, 2.75) is 0 Å². The number of hydrogen-bond donors (Lipinski definition) is 3. The molecule has 2 aromatic carbocycles. The largest absolute Gasteiger partial charge is 0.507 e. The number of anilines is 2. The third-order valence-electron chi connectivity index (χ3n) is 3.26. The highest BCUT2D eigenvalue weighted by Gasteiger charge is 2.21. The Hall–Kier alpha value is -3.02. The van der Waals surface area contributed by atoms with Gasteiger partial charge < -0.3 is 20.8 Å². The summed E-state index contributed by atoms with van der Waals surface area (Å²) in [4.78, 5) is 25.5. The smallest absolute Gasteiger partial charge is 0.336 e. The molecular weight excluding hydrogens is 284 g/mol. The van der Waals surface area contributed by atoms with Crippen molar-refractivity contribution >= 4 is 23.1 Å². The SMILES string of the molecule is CN(C)c1ccc(C(=O)c2ccc(N)cc2C(=O)O)c(O)c1. The van der Waals surface area contributed by atoms with E-state index in [1.54, 1.807) is 25.1 Å². The van der Waals surface area contributed by atoms with E-state index in [4.69, 9.17) is 5.73 Å². The van der Waals surface area contributed by atoms with Crippen LogP contribution in [-0.4, -0.2) is 36.1 Å². The Morgan fingerprint density at radius 1 is 1.00 bits per heavy atom. The molecule has 0 aliphatic carbocycles. The third kappa shape index (κ3) is 2.85. The van der Waals surface area contributed by atoms with E-state index in [0.717, 1.165) is 5.69 Å². The topological polar surface area (TPSA) is 104 Å². The molecule has 6 heteroatoms. The first-order valence-electron chi connectivity index (χ1n) is 6.49. The zero-order valence-electron chi connectivity index (χ0n) is 12.2. The van der Waals surface area contributed by atoms with E-state index < -0.39 is 11.8 Å². The van der Waals surface area contributed by atoms with Gasteiger partial charge in [0, 0.05) is 37.1 Å². The summed E-state index contributed by atoms with van der Waals surface area (Å²) in [5.41, 5.74) is 6.36. The predicted molar refractivity (Wildman–Crippen MR) is 83.7 cm³/mol. The maximum absolute atomic E-state index is 12.5. The number of aromatic hydroxyl groups is 1. The lowest BCUT2D eigenvalue weighted by Gasteiger charge is -2.14. The van der Waals surface area contributed by atoms with Crippen LogP contribution in [0.15, 0.2) is 36.4 Å². The Labute approximate surface area is 127 Å². The Balaban J connectivity index is 2.51. The number of nitrogens with zero attached hydrogens (tertiary/aromatic N) is 1. The van der Waals surface area contributed by atoms with Crippen molar-refractivity contribution in [1.82, 2.24) is 0 Å². The number of phenols is 1. The molecule has 0 radical (unpaired) electrons. The molecule has 0 aliphatic heterocycles. The van der Waals surface area contributed by atoms with Crippen LogP contribution in [0.4, 0.5) is 11.4 Å². The first-order valence-corrected chi connectivity index (χ1v) is 6.49. The summed E-state index contributed by atoms with van der Waals surface area (Å²) >= 11 is 0. The maximum Gasteiger partial charge on any atom is 0.336 e. The molecule has 0 heterocycles. The second-order valence-corrected chi connectivity index (χ2v) is 5.04. The fraction of sp³-hybridized carbons (Fsp3) is 0.125. The van der Waals surface area contributed by atoms with Gasteiger partial charge in [-0.25, -0.2) is 4.79 Å². The quantitative estimate of drug-likeness (QED) is 0.589. The van der Waals surface area contributed by atoms with Crippen molar-refractivity contribution in [3.8, 4) is 5.75 Å². The van der Waals surface area contributed by atoms with E-state index in [9.17, 15) is 19.8 Å². The van der Waals surface area contributed by atoms with Crippen molar-refractivity contribution < 1.29 is 19.8 Å². The van der Waals surface area contributed by atoms with Crippen LogP contribution in [0.2, 0.25) is 0 Å². The molecule has 114 valence electrons. The van der Waals surface area contributed by atoms with Gasteiger partial charge in [0.1, 0.15) is 5.75 Å². The summed E-state index contributed by atoms with van der Waals surface area (Å²) in [6.45, 7) is 0. The average molecular weight is 300 g/mol. The lowest BCUT2D eigenvalue weighted by Crippen LogP contribution is -2.12. The standard InChI is InChI=1S/C16H16N2O4/c1-18(2)10-4-6-12(14(19)8-10)15(20)11-5-3-9(17)7-13(11)16(21)22/h3-8,19H,17H2,1-2H3,(H,21,22). The molecule has 0 bridgehead atoms. The van der Waals surface area contributed by atoms with Crippen molar-refractivity contribution in [2.24, 2.45) is 0 Å². The summed E-state index contributed by atoms with van der Waals surface area (Å²) < 4.78 is 0. The second kappa shape index (κ2) is 5.77. The number of nitrogens with two attached hydrogens (primary N) is 1. The van der Waals surface area contributed by atoms with Crippen molar-refractivity contribution in [3.63, 3.8) is 0 Å². The van der Waals surface area contributed by atoms with Gasteiger partial charge in [0.15, 0.2) is 5.78 Å². The highest BCUT2D eigenvalue weighted by atomic mass is 16.4. The molecule has 0 aromatic heterocycles. The number of benzene rings is 2. The van der Waals surface area contributed by atoms with Crippen LogP contribution in [-0.2, 0) is 0 Å². The summed E-state index contributed by atoms with van der Waals surface area (Å²) in [6, 6.07) is 8.61. The molecule has 2 rings (SSSR count). The minimum Gasteiger partial charge on any atom is -0.507 e. The van der Waals surface area contributed by atoms with Crippen LogP contribution >= 0.6 is 0 Å². The number of carboxylic acids is 1. The molecule has 0 saturated heterocycles. The molecule has 6 nitrogen and oxygen atoms in total. The molecule has 0 fully saturated rings. The van der Waals surface area contributed by atoms with Gasteiger partial charge in [-0.3, -0.25) is 4.79 Å². The van der Waals surface area contributed by atoms with Crippen LogP contribution in [0.1, 0.15) is 26.3 Å². The number of rotatable bonds is 4. The van der Waals surface area contributed by atoms with Gasteiger partial charge in [-0.15, -0.1) is 0 Å². The highest BCUT2D eigenvalue weighted by molar-refractivity contribution is 6.15. The Morgan fingerprint density at radius 2 is 1.64 bits per heavy atom. The molecule has 0 atom stereocenters. The number of nitrogen functional groups attached to an aromatic ring is 1. The van der Waals surface area contributed by atoms with Crippen LogP contribution in [0, 0.1) is 0 Å². The highest BCUT2D eigenvalue weighted by Crippen LogP contribution is 2.27. The fourth-order valence-electron chi connectivity index (χ4n) is 2.07. The Bertz CT molecular complexity index is 754. The number of phenolic OH excluding ortho intramolecular Hbond substituents is 1. The third-order valence-corrected chi connectivity index (χ3v) is 3.26. The molecule has 4 N–H and O–H groups in total. The van der Waals surface area contributed by atoms with Gasteiger partial charge in [-0.1, -0.05) is 0 Å². The number of carbonyl (C=O) groups is 2. The first-order chi connectivity index (χ1) is 10.3. The van der Waals surface area contributed by atoms with Crippen LogP contribution in [0.3, 0.4) is 0 Å². The lowest BCUT2D eigenvalue weighted by atomic mass is 9.97. The van der Waals surface area contributed by atoms with Crippen LogP contribution in [0.25, 0.3) is 0 Å². The van der Waals surface area contributed by atoms with Gasteiger partial charge in [0.2, 0.25) is 0 Å². The minimum atomic E-state index is -1.25. The van der Waals surface area contributed by atoms with E-state index in [2.05, 4.69) is 0 Å². The monoisotopic (exact) mass is 300 g/mol. The van der Waals surface area contributed by atoms with E-state index in [1.165, 1.54) is 30.3 Å². The second-order valence-electron chi connectivity index (χ2n) is 5.04. The summed E-state index contributed by atoms with van der Waals surface area (Å²) in [6.07, 6.45) is 0. The molecule has 0 amide bonds. The number of hydrogen-bond acceptors (Lipinski definition) is 5. The van der Waals surface area contributed by atoms with Crippen molar-refractivity contribution in [3.05, 3.63) is 53.1 Å². The van der Waals surface area contributed by atoms with E-state index >= 15 is 0 Å². The molecule has 0 aliphatic rings. The minimum absolute atomic E-state index is 0.0189. The zero-order chi connectivity index (χ0) is 16.4. The molecule has 2 aromatic rings. The van der Waals surface area contributed by atoms with E-state index in [-0.39, 0.29) is 28.1 Å². The number of aromatic carboxylic acids is 1. The van der Waals surface area contributed by atoms with Crippen LogP contribution in [0.5, 0.6) is 5.75 Å². The molecule has 0 saturated carbocycles. The van der Waals surface area contributed by atoms with Crippen molar-refractivity contribution in [1.29, 1.82) is 0 Å². The van der Waals surface area contributed by atoms with Crippen LogP contribution < -0.4 is 10.6 Å². The molecule has 0 spiro atoms. The summed E-state index contributed by atoms with van der Waals surface area (Å²) in [5, 5.41) is 19.2. The number of ketones is 1. The zero-order valence-corrected chi connectivity index (χ0v) is 12.2. The average Bonchev–Trinajstić information content (AvgIpc) is 2.46. The Kier molecular flexibility index (Phi) is 4.03. The predicted octanol–water partition coefficient (Wildman–Crippen LogP) is 1.97.